The van der Waals surface area contributed by atoms with Crippen molar-refractivity contribution in [3.63, 3.8) is 0 Å². The van der Waals surface area contributed by atoms with Crippen LogP contribution in [0.4, 0.5) is 0 Å². The molecular weight excluding hydrogens is 222 g/mol. The first-order valence-corrected chi connectivity index (χ1v) is 5.92. The molecule has 3 heteroatoms. The lowest BCUT2D eigenvalue weighted by atomic mass is 10.1. The largest absolute Gasteiger partial charge is 0.306 e. The fourth-order valence-electron chi connectivity index (χ4n) is 1.77. The molecule has 0 saturated carbocycles. The first-order valence-electron chi connectivity index (χ1n) is 5.92. The van der Waals surface area contributed by atoms with Gasteiger partial charge in [0.2, 0.25) is 0 Å². The topological polar surface area (TPSA) is 48.7 Å². The Hall–Kier alpha value is -2.18. The number of nitrogens with zero attached hydrogens (tertiary/aromatic N) is 2. The molecule has 1 N–H and O–H groups in total. The van der Waals surface area contributed by atoms with E-state index in [1.165, 1.54) is 0 Å². The highest BCUT2D eigenvalue weighted by Crippen LogP contribution is 2.11. The lowest BCUT2D eigenvalue weighted by Gasteiger charge is -2.13. The highest BCUT2D eigenvalue weighted by Gasteiger charge is 2.04. The van der Waals surface area contributed by atoms with Gasteiger partial charge in [-0.05, 0) is 36.2 Å². The van der Waals surface area contributed by atoms with E-state index < -0.39 is 0 Å². The number of rotatable bonds is 4. The minimum atomic E-state index is 0.240. The molecule has 2 aromatic rings. The summed E-state index contributed by atoms with van der Waals surface area (Å²) in [6.45, 7) is 2.84. The van der Waals surface area contributed by atoms with E-state index in [-0.39, 0.29) is 6.04 Å². The van der Waals surface area contributed by atoms with Crippen LogP contribution in [-0.2, 0) is 6.54 Å². The molecule has 1 heterocycles. The van der Waals surface area contributed by atoms with Gasteiger partial charge in [0.15, 0.2) is 0 Å². The predicted octanol–water partition coefficient (Wildman–Crippen LogP) is 2.80. The summed E-state index contributed by atoms with van der Waals surface area (Å²) in [6.07, 6.45) is 3.63. The molecule has 0 aliphatic rings. The molecule has 18 heavy (non-hydrogen) atoms. The van der Waals surface area contributed by atoms with Crippen molar-refractivity contribution in [1.82, 2.24) is 10.3 Å². The average Bonchev–Trinajstić information content (AvgIpc) is 2.46. The molecule has 0 spiro atoms. The van der Waals surface area contributed by atoms with Gasteiger partial charge in [0.1, 0.15) is 0 Å². The molecule has 1 aromatic carbocycles. The average molecular weight is 237 g/mol. The fourth-order valence-corrected chi connectivity index (χ4v) is 1.77. The third-order valence-electron chi connectivity index (χ3n) is 2.85. The number of nitrogens with one attached hydrogen (secondary N) is 1. The molecular formula is C15H15N3. The number of hydrogen-bond acceptors (Lipinski definition) is 3. The predicted molar refractivity (Wildman–Crippen MR) is 70.6 cm³/mol. The van der Waals surface area contributed by atoms with Crippen molar-refractivity contribution in [2.45, 2.75) is 19.5 Å². The van der Waals surface area contributed by atoms with Crippen molar-refractivity contribution in [3.8, 4) is 6.07 Å². The number of aromatic nitrogens is 1. The molecule has 2 rings (SSSR count). The van der Waals surface area contributed by atoms with Gasteiger partial charge in [-0.3, -0.25) is 4.98 Å². The summed E-state index contributed by atoms with van der Waals surface area (Å²) in [4.78, 5) is 4.11. The zero-order valence-corrected chi connectivity index (χ0v) is 10.3. The maximum atomic E-state index is 8.84. The highest BCUT2D eigenvalue weighted by atomic mass is 14.9. The second kappa shape index (κ2) is 5.95. The van der Waals surface area contributed by atoms with E-state index in [1.807, 2.05) is 36.5 Å². The maximum absolute atomic E-state index is 8.84. The van der Waals surface area contributed by atoms with Crippen LogP contribution in [0.15, 0.2) is 48.8 Å². The summed E-state index contributed by atoms with van der Waals surface area (Å²) in [6, 6.07) is 14.0. The molecule has 1 aromatic heterocycles. The van der Waals surface area contributed by atoms with Gasteiger partial charge in [-0.1, -0.05) is 18.2 Å². The Bertz CT molecular complexity index is 543. The Kier molecular flexibility index (Phi) is 4.06. The Morgan fingerprint density at radius 1 is 1.33 bits per heavy atom. The van der Waals surface area contributed by atoms with Gasteiger partial charge in [0.25, 0.3) is 0 Å². The molecule has 0 bridgehead atoms. The summed E-state index contributed by atoms with van der Waals surface area (Å²) in [5.41, 5.74) is 2.97. The normalized spacial score (nSPS) is 11.8. The van der Waals surface area contributed by atoms with Gasteiger partial charge in [-0.15, -0.1) is 0 Å². The van der Waals surface area contributed by atoms with Crippen LogP contribution in [0.3, 0.4) is 0 Å². The van der Waals surface area contributed by atoms with Gasteiger partial charge in [0.05, 0.1) is 11.6 Å². The van der Waals surface area contributed by atoms with Crippen molar-refractivity contribution in [2.75, 3.05) is 0 Å². The van der Waals surface area contributed by atoms with Crippen LogP contribution in [0.5, 0.6) is 0 Å². The van der Waals surface area contributed by atoms with E-state index in [0.29, 0.717) is 5.56 Å². The van der Waals surface area contributed by atoms with Crippen LogP contribution in [0.25, 0.3) is 0 Å². The van der Waals surface area contributed by atoms with Gasteiger partial charge in [0, 0.05) is 25.0 Å². The Morgan fingerprint density at radius 2 is 2.22 bits per heavy atom. The smallest absolute Gasteiger partial charge is 0.0991 e. The van der Waals surface area contributed by atoms with E-state index in [0.717, 1.165) is 17.7 Å². The molecule has 1 atom stereocenters. The zero-order valence-electron chi connectivity index (χ0n) is 10.3. The number of benzene rings is 1. The number of nitriles is 1. The highest BCUT2D eigenvalue weighted by molar-refractivity contribution is 5.32. The van der Waals surface area contributed by atoms with E-state index in [2.05, 4.69) is 29.4 Å². The van der Waals surface area contributed by atoms with E-state index in [9.17, 15) is 0 Å². The SMILES string of the molecule is C[C@H](NCc1cccc(C#N)c1)c1cccnc1. The Balaban J connectivity index is 1.97. The van der Waals surface area contributed by atoms with Gasteiger partial charge in [-0.25, -0.2) is 0 Å². The van der Waals surface area contributed by atoms with Crippen molar-refractivity contribution >= 4 is 0 Å². The molecule has 3 nitrogen and oxygen atoms in total. The lowest BCUT2D eigenvalue weighted by Crippen LogP contribution is -2.18. The fraction of sp³-hybridized carbons (Fsp3) is 0.200. The maximum Gasteiger partial charge on any atom is 0.0991 e. The van der Waals surface area contributed by atoms with Gasteiger partial charge < -0.3 is 5.32 Å². The first kappa shape index (κ1) is 12.3. The lowest BCUT2D eigenvalue weighted by molar-refractivity contribution is 0.573. The van der Waals surface area contributed by atoms with E-state index in [4.69, 9.17) is 5.26 Å². The van der Waals surface area contributed by atoms with E-state index in [1.54, 1.807) is 6.20 Å². The summed E-state index contributed by atoms with van der Waals surface area (Å²) in [5, 5.41) is 12.3. The number of pyridine rings is 1. The summed E-state index contributed by atoms with van der Waals surface area (Å²) >= 11 is 0. The molecule has 90 valence electrons. The van der Waals surface area contributed by atoms with Crippen LogP contribution in [0.1, 0.15) is 29.7 Å². The molecule has 0 aliphatic heterocycles. The Morgan fingerprint density at radius 3 is 2.94 bits per heavy atom. The molecule has 0 radical (unpaired) electrons. The minimum absolute atomic E-state index is 0.240. The summed E-state index contributed by atoms with van der Waals surface area (Å²) in [5.74, 6) is 0. The quantitative estimate of drug-likeness (QED) is 0.889. The third kappa shape index (κ3) is 3.16. The van der Waals surface area contributed by atoms with Crippen LogP contribution >= 0.6 is 0 Å². The van der Waals surface area contributed by atoms with Crippen molar-refractivity contribution in [3.05, 3.63) is 65.5 Å². The van der Waals surface area contributed by atoms with Crippen LogP contribution < -0.4 is 5.32 Å². The van der Waals surface area contributed by atoms with Crippen molar-refractivity contribution < 1.29 is 0 Å². The van der Waals surface area contributed by atoms with Crippen LogP contribution in [0.2, 0.25) is 0 Å². The second-order valence-electron chi connectivity index (χ2n) is 4.20. The molecule has 0 saturated heterocycles. The zero-order chi connectivity index (χ0) is 12.8. The molecule has 0 amide bonds. The van der Waals surface area contributed by atoms with Crippen LogP contribution in [0, 0.1) is 11.3 Å². The second-order valence-corrected chi connectivity index (χ2v) is 4.20. The van der Waals surface area contributed by atoms with Crippen molar-refractivity contribution in [1.29, 1.82) is 5.26 Å². The number of hydrogen-bond donors (Lipinski definition) is 1. The van der Waals surface area contributed by atoms with Gasteiger partial charge >= 0.3 is 0 Å². The summed E-state index contributed by atoms with van der Waals surface area (Å²) < 4.78 is 0. The molecule has 0 unspecified atom stereocenters. The summed E-state index contributed by atoms with van der Waals surface area (Å²) in [7, 11) is 0. The standard InChI is InChI=1S/C15H15N3/c1-12(15-6-3-7-17-11-15)18-10-14-5-2-4-13(8-14)9-16/h2-8,11-12,18H,10H2,1H3/t12-/m0/s1. The minimum Gasteiger partial charge on any atom is -0.306 e. The van der Waals surface area contributed by atoms with E-state index >= 15 is 0 Å². The van der Waals surface area contributed by atoms with Crippen molar-refractivity contribution in [2.24, 2.45) is 0 Å². The monoisotopic (exact) mass is 237 g/mol. The van der Waals surface area contributed by atoms with Crippen LogP contribution in [-0.4, -0.2) is 4.98 Å². The Labute approximate surface area is 107 Å². The first-order chi connectivity index (χ1) is 8.79. The molecule has 0 aliphatic carbocycles. The van der Waals surface area contributed by atoms with Gasteiger partial charge in [-0.2, -0.15) is 5.26 Å². The molecule has 0 fully saturated rings. The third-order valence-corrected chi connectivity index (χ3v) is 2.85.